The van der Waals surface area contributed by atoms with Crippen molar-refractivity contribution in [2.75, 3.05) is 13.2 Å². The lowest BCUT2D eigenvalue weighted by Gasteiger charge is -2.14. The highest BCUT2D eigenvalue weighted by molar-refractivity contribution is 6.21. The number of amides is 1. The third kappa shape index (κ3) is 5.92. The van der Waals surface area contributed by atoms with Gasteiger partial charge in [0.15, 0.2) is 0 Å². The molecule has 1 unspecified atom stereocenters. The van der Waals surface area contributed by atoms with E-state index in [0.29, 0.717) is 25.5 Å². The van der Waals surface area contributed by atoms with Crippen molar-refractivity contribution in [1.29, 1.82) is 0 Å². The molecule has 0 aliphatic carbocycles. The molecule has 18 heavy (non-hydrogen) atoms. The van der Waals surface area contributed by atoms with Crippen LogP contribution in [0.15, 0.2) is 30.3 Å². The second-order valence-electron chi connectivity index (χ2n) is 4.48. The molecule has 0 radical (unpaired) electrons. The summed E-state index contributed by atoms with van der Waals surface area (Å²) < 4.78 is 5.44. The first kappa shape index (κ1) is 14.8. The molecule has 1 amide bonds. The fraction of sp³-hybridized carbons (Fsp3) is 0.500. The van der Waals surface area contributed by atoms with Crippen molar-refractivity contribution in [3.63, 3.8) is 0 Å². The maximum atomic E-state index is 11.5. The van der Waals surface area contributed by atoms with Crippen molar-refractivity contribution in [1.82, 2.24) is 5.32 Å². The van der Waals surface area contributed by atoms with E-state index in [1.165, 1.54) is 0 Å². The number of rotatable bonds is 7. The molecular weight excluding hydrogens is 250 g/mol. The maximum Gasteiger partial charge on any atom is 0.223 e. The molecule has 0 bridgehead atoms. The normalized spacial score (nSPS) is 12.2. The molecule has 4 heteroatoms. The number of ether oxygens (including phenoxy) is 1. The molecule has 0 heterocycles. The van der Waals surface area contributed by atoms with E-state index in [9.17, 15) is 4.79 Å². The number of carbonyl (C=O) groups excluding carboxylic acids is 1. The topological polar surface area (TPSA) is 38.3 Å². The van der Waals surface area contributed by atoms with Crippen molar-refractivity contribution in [2.24, 2.45) is 5.92 Å². The zero-order valence-corrected chi connectivity index (χ0v) is 11.6. The van der Waals surface area contributed by atoms with Crippen molar-refractivity contribution < 1.29 is 9.53 Å². The monoisotopic (exact) mass is 269 g/mol. The number of carbonyl (C=O) groups is 1. The third-order valence-electron chi connectivity index (χ3n) is 2.56. The molecule has 3 nitrogen and oxygen atoms in total. The second kappa shape index (κ2) is 7.98. The lowest BCUT2D eigenvalue weighted by atomic mass is 10.1. The summed E-state index contributed by atoms with van der Waals surface area (Å²) in [5, 5.41) is 2.78. The summed E-state index contributed by atoms with van der Waals surface area (Å²) in [4.78, 5) is 11.5. The average molecular weight is 270 g/mol. The second-order valence-corrected chi connectivity index (χ2v) is 5.04. The van der Waals surface area contributed by atoms with Gasteiger partial charge in [-0.2, -0.15) is 0 Å². The zero-order chi connectivity index (χ0) is 13.4. The van der Waals surface area contributed by atoms with Gasteiger partial charge in [-0.1, -0.05) is 32.0 Å². The van der Waals surface area contributed by atoms with Crippen LogP contribution in [0.4, 0.5) is 0 Å². The van der Waals surface area contributed by atoms with E-state index >= 15 is 0 Å². The molecule has 1 aromatic rings. The first-order chi connectivity index (χ1) is 8.59. The van der Waals surface area contributed by atoms with Gasteiger partial charge in [-0.3, -0.25) is 4.79 Å². The smallest absolute Gasteiger partial charge is 0.223 e. The average Bonchev–Trinajstić information content (AvgIpc) is 2.37. The maximum absolute atomic E-state index is 11.5. The summed E-state index contributed by atoms with van der Waals surface area (Å²) in [5.41, 5.74) is 0. The van der Waals surface area contributed by atoms with Crippen molar-refractivity contribution in [3.05, 3.63) is 30.3 Å². The van der Waals surface area contributed by atoms with E-state index in [2.05, 4.69) is 5.32 Å². The molecule has 0 saturated heterocycles. The largest absolute Gasteiger partial charge is 0.493 e. The van der Waals surface area contributed by atoms with Gasteiger partial charge in [0.05, 0.1) is 18.4 Å². The van der Waals surface area contributed by atoms with Crippen LogP contribution in [0.2, 0.25) is 0 Å². The highest BCUT2D eigenvalue weighted by Gasteiger charge is 2.10. The minimum atomic E-state index is -0.0303. The summed E-state index contributed by atoms with van der Waals surface area (Å²) in [6.45, 7) is 4.94. The minimum Gasteiger partial charge on any atom is -0.493 e. The number of hydrogen-bond donors (Lipinski definition) is 1. The van der Waals surface area contributed by atoms with Crippen LogP contribution < -0.4 is 10.1 Å². The van der Waals surface area contributed by atoms with Gasteiger partial charge in [0.2, 0.25) is 5.91 Å². The van der Waals surface area contributed by atoms with E-state index in [-0.39, 0.29) is 11.3 Å². The van der Waals surface area contributed by atoms with Gasteiger partial charge >= 0.3 is 0 Å². The van der Waals surface area contributed by atoms with Gasteiger partial charge in [-0.15, -0.1) is 11.6 Å². The molecule has 0 aliphatic heterocycles. The van der Waals surface area contributed by atoms with Crippen LogP contribution in [0.1, 0.15) is 20.3 Å². The number of hydrogen-bond acceptors (Lipinski definition) is 2. The molecule has 100 valence electrons. The van der Waals surface area contributed by atoms with E-state index in [0.717, 1.165) is 5.75 Å². The highest BCUT2D eigenvalue weighted by atomic mass is 35.5. The van der Waals surface area contributed by atoms with Gasteiger partial charge in [-0.25, -0.2) is 0 Å². The number of nitrogens with one attached hydrogen (secondary N) is 1. The van der Waals surface area contributed by atoms with Crippen LogP contribution >= 0.6 is 11.6 Å². The first-order valence-electron chi connectivity index (χ1n) is 6.18. The first-order valence-corrected chi connectivity index (χ1v) is 6.62. The lowest BCUT2D eigenvalue weighted by molar-refractivity contribution is -0.121. The fourth-order valence-corrected chi connectivity index (χ4v) is 1.39. The van der Waals surface area contributed by atoms with Crippen LogP contribution in [0, 0.1) is 5.92 Å². The Morgan fingerprint density at radius 3 is 2.61 bits per heavy atom. The number of benzene rings is 1. The van der Waals surface area contributed by atoms with Crippen LogP contribution in [0.3, 0.4) is 0 Å². The molecule has 0 spiro atoms. The van der Waals surface area contributed by atoms with Gasteiger partial charge in [0.1, 0.15) is 5.75 Å². The van der Waals surface area contributed by atoms with Crippen molar-refractivity contribution in [2.45, 2.75) is 25.6 Å². The fourth-order valence-electron chi connectivity index (χ4n) is 1.31. The number of para-hydroxylation sites is 1. The van der Waals surface area contributed by atoms with Gasteiger partial charge in [-0.05, 0) is 18.1 Å². The number of alkyl halides is 1. The molecule has 1 aromatic carbocycles. The highest BCUT2D eigenvalue weighted by Crippen LogP contribution is 2.09. The molecule has 0 saturated carbocycles. The predicted octanol–water partition coefficient (Wildman–Crippen LogP) is 2.84. The Kier molecular flexibility index (Phi) is 6.58. The molecule has 1 rings (SSSR count). The van der Waals surface area contributed by atoms with Crippen molar-refractivity contribution in [3.8, 4) is 5.75 Å². The van der Waals surface area contributed by atoms with Gasteiger partial charge in [0, 0.05) is 6.54 Å². The standard InChI is InChI=1S/C14H20ClNO2/c1-11(2)13(15)10-16-14(17)8-9-18-12-6-4-3-5-7-12/h3-7,11,13H,8-10H2,1-2H3,(H,16,17). The Labute approximate surface area is 113 Å². The summed E-state index contributed by atoms with van der Waals surface area (Å²) in [7, 11) is 0. The SMILES string of the molecule is CC(C)C(Cl)CNC(=O)CCOc1ccccc1. The minimum absolute atomic E-state index is 0.0241. The van der Waals surface area contributed by atoms with E-state index in [4.69, 9.17) is 16.3 Å². The molecule has 0 aromatic heterocycles. The van der Waals surface area contributed by atoms with Gasteiger partial charge in [0.25, 0.3) is 0 Å². The predicted molar refractivity (Wildman–Crippen MR) is 74.0 cm³/mol. The van der Waals surface area contributed by atoms with Crippen molar-refractivity contribution >= 4 is 17.5 Å². The summed E-state index contributed by atoms with van der Waals surface area (Å²) in [6, 6.07) is 9.45. The Morgan fingerprint density at radius 2 is 2.00 bits per heavy atom. The lowest BCUT2D eigenvalue weighted by Crippen LogP contribution is -2.32. The Bertz CT molecular complexity index is 354. The quantitative estimate of drug-likeness (QED) is 0.773. The summed E-state index contributed by atoms with van der Waals surface area (Å²) in [6.07, 6.45) is 0.344. The summed E-state index contributed by atoms with van der Waals surface area (Å²) >= 11 is 6.04. The molecule has 0 aliphatic rings. The molecule has 1 N–H and O–H groups in total. The molecule has 0 fully saturated rings. The van der Waals surface area contributed by atoms with E-state index < -0.39 is 0 Å². The van der Waals surface area contributed by atoms with Crippen LogP contribution in [-0.2, 0) is 4.79 Å². The Morgan fingerprint density at radius 1 is 1.33 bits per heavy atom. The Hall–Kier alpha value is -1.22. The Balaban J connectivity index is 2.14. The third-order valence-corrected chi connectivity index (χ3v) is 3.22. The van der Waals surface area contributed by atoms with E-state index in [1.54, 1.807) is 0 Å². The zero-order valence-electron chi connectivity index (χ0n) is 10.9. The van der Waals surface area contributed by atoms with Gasteiger partial charge < -0.3 is 10.1 Å². The molecular formula is C14H20ClNO2. The van der Waals surface area contributed by atoms with Crippen LogP contribution in [0.5, 0.6) is 5.75 Å². The van der Waals surface area contributed by atoms with E-state index in [1.807, 2.05) is 44.2 Å². The number of halogens is 1. The summed E-state index contributed by atoms with van der Waals surface area (Å²) in [5.74, 6) is 1.10. The molecule has 1 atom stereocenters. The van der Waals surface area contributed by atoms with Crippen LogP contribution in [0.25, 0.3) is 0 Å². The van der Waals surface area contributed by atoms with Crippen LogP contribution in [-0.4, -0.2) is 24.4 Å².